The van der Waals surface area contributed by atoms with Gasteiger partial charge >= 0.3 is 0 Å². The highest BCUT2D eigenvalue weighted by atomic mass is 35.5. The smallest absolute Gasteiger partial charge is 0.223 e. The summed E-state index contributed by atoms with van der Waals surface area (Å²) in [6.45, 7) is 1.44. The van der Waals surface area contributed by atoms with Gasteiger partial charge in [0.25, 0.3) is 0 Å². The second-order valence-electron chi connectivity index (χ2n) is 4.42. The lowest BCUT2D eigenvalue weighted by Crippen LogP contribution is -2.04. The number of hydrogen-bond donors (Lipinski definition) is 2. The standard InChI is InChI=1S/C14H10ClN3O2S/c1-7(19)17-14-18-10-3-2-8(5-12(10)21-14)9-4-11(20)13(15)16-6-9/h2-6,20H,1H3,(H,17,18,19). The van der Waals surface area contributed by atoms with Gasteiger partial charge in [-0.05, 0) is 23.8 Å². The van der Waals surface area contributed by atoms with Crippen LogP contribution in [0.4, 0.5) is 5.13 Å². The summed E-state index contributed by atoms with van der Waals surface area (Å²) in [7, 11) is 0. The molecule has 3 rings (SSSR count). The fraction of sp³-hybridized carbons (Fsp3) is 0.0714. The van der Waals surface area contributed by atoms with Crippen molar-refractivity contribution in [3.63, 3.8) is 0 Å². The number of halogens is 1. The molecule has 0 bridgehead atoms. The first-order valence-electron chi connectivity index (χ1n) is 6.06. The molecule has 1 aromatic carbocycles. The van der Waals surface area contributed by atoms with Crippen LogP contribution in [0.25, 0.3) is 21.3 Å². The molecule has 0 saturated carbocycles. The Bertz CT molecular complexity index is 847. The Morgan fingerprint density at radius 3 is 2.86 bits per heavy atom. The molecule has 21 heavy (non-hydrogen) atoms. The van der Waals surface area contributed by atoms with Crippen LogP contribution in [0, 0.1) is 0 Å². The van der Waals surface area contributed by atoms with Crippen LogP contribution >= 0.6 is 22.9 Å². The van der Waals surface area contributed by atoms with E-state index in [1.54, 1.807) is 12.3 Å². The number of nitrogens with one attached hydrogen (secondary N) is 1. The van der Waals surface area contributed by atoms with Gasteiger partial charge in [-0.1, -0.05) is 29.0 Å². The van der Waals surface area contributed by atoms with Gasteiger partial charge in [0, 0.05) is 18.7 Å². The van der Waals surface area contributed by atoms with E-state index in [2.05, 4.69) is 15.3 Å². The summed E-state index contributed by atoms with van der Waals surface area (Å²) in [6, 6.07) is 7.23. The predicted molar refractivity (Wildman–Crippen MR) is 83.8 cm³/mol. The monoisotopic (exact) mass is 319 g/mol. The number of nitrogens with zero attached hydrogens (tertiary/aromatic N) is 2. The Kier molecular flexibility index (Phi) is 3.48. The third kappa shape index (κ3) is 2.81. The van der Waals surface area contributed by atoms with Gasteiger partial charge in [-0.2, -0.15) is 0 Å². The first-order valence-corrected chi connectivity index (χ1v) is 7.25. The largest absolute Gasteiger partial charge is 0.505 e. The molecule has 0 atom stereocenters. The van der Waals surface area contributed by atoms with Crippen molar-refractivity contribution in [2.45, 2.75) is 6.92 Å². The summed E-state index contributed by atoms with van der Waals surface area (Å²) in [4.78, 5) is 19.3. The van der Waals surface area contributed by atoms with E-state index in [0.29, 0.717) is 5.13 Å². The van der Waals surface area contributed by atoms with Crippen molar-refractivity contribution in [1.82, 2.24) is 9.97 Å². The number of rotatable bonds is 2. The number of benzene rings is 1. The van der Waals surface area contributed by atoms with E-state index < -0.39 is 0 Å². The van der Waals surface area contributed by atoms with Crippen molar-refractivity contribution in [2.75, 3.05) is 5.32 Å². The van der Waals surface area contributed by atoms with Crippen LogP contribution in [-0.2, 0) is 4.79 Å². The number of fused-ring (bicyclic) bond motifs is 1. The third-order valence-corrected chi connectivity index (χ3v) is 4.05. The Hall–Kier alpha value is -2.18. The zero-order valence-electron chi connectivity index (χ0n) is 10.9. The number of thiazole rings is 1. The van der Waals surface area contributed by atoms with Crippen LogP contribution in [0.15, 0.2) is 30.5 Å². The second kappa shape index (κ2) is 5.31. The molecule has 2 aromatic heterocycles. The fourth-order valence-corrected chi connectivity index (χ4v) is 2.96. The average Bonchev–Trinajstić information content (AvgIpc) is 2.82. The van der Waals surface area contributed by atoms with Crippen molar-refractivity contribution in [3.8, 4) is 16.9 Å². The van der Waals surface area contributed by atoms with Gasteiger partial charge in [-0.3, -0.25) is 4.79 Å². The third-order valence-electron chi connectivity index (χ3n) is 2.83. The van der Waals surface area contributed by atoms with E-state index in [1.165, 1.54) is 18.3 Å². The maximum Gasteiger partial charge on any atom is 0.223 e. The number of hydrogen-bond acceptors (Lipinski definition) is 5. The van der Waals surface area contributed by atoms with Crippen molar-refractivity contribution in [3.05, 3.63) is 35.6 Å². The number of carbonyl (C=O) groups is 1. The number of pyridine rings is 1. The highest BCUT2D eigenvalue weighted by molar-refractivity contribution is 7.22. The molecular formula is C14H10ClN3O2S. The topological polar surface area (TPSA) is 75.1 Å². The van der Waals surface area contributed by atoms with Gasteiger partial charge in [-0.15, -0.1) is 0 Å². The fourth-order valence-electron chi connectivity index (χ4n) is 1.90. The zero-order chi connectivity index (χ0) is 15.0. The van der Waals surface area contributed by atoms with Crippen LogP contribution < -0.4 is 5.32 Å². The van der Waals surface area contributed by atoms with E-state index >= 15 is 0 Å². The minimum Gasteiger partial charge on any atom is -0.505 e. The molecule has 0 unspecified atom stereocenters. The Morgan fingerprint density at radius 2 is 2.14 bits per heavy atom. The molecule has 0 fully saturated rings. The number of anilines is 1. The number of aromatic nitrogens is 2. The molecule has 0 saturated heterocycles. The van der Waals surface area contributed by atoms with Crippen LogP contribution in [0.5, 0.6) is 5.75 Å². The summed E-state index contributed by atoms with van der Waals surface area (Å²) >= 11 is 7.10. The van der Waals surface area contributed by atoms with Crippen LogP contribution in [0.1, 0.15) is 6.92 Å². The summed E-state index contributed by atoms with van der Waals surface area (Å²) in [5.41, 5.74) is 2.45. The summed E-state index contributed by atoms with van der Waals surface area (Å²) in [6.07, 6.45) is 1.60. The normalized spacial score (nSPS) is 10.8. The number of carbonyl (C=O) groups excluding carboxylic acids is 1. The highest BCUT2D eigenvalue weighted by Gasteiger charge is 2.08. The van der Waals surface area contributed by atoms with E-state index in [4.69, 9.17) is 11.6 Å². The molecule has 5 nitrogen and oxygen atoms in total. The SMILES string of the molecule is CC(=O)Nc1nc2ccc(-c3cnc(Cl)c(O)c3)cc2s1. The molecule has 0 radical (unpaired) electrons. The van der Waals surface area contributed by atoms with E-state index in [1.807, 2.05) is 18.2 Å². The molecule has 2 heterocycles. The lowest BCUT2D eigenvalue weighted by atomic mass is 10.1. The van der Waals surface area contributed by atoms with Crippen LogP contribution in [-0.4, -0.2) is 21.0 Å². The maximum atomic E-state index is 11.1. The first kappa shape index (κ1) is 13.8. The molecule has 3 aromatic rings. The molecule has 2 N–H and O–H groups in total. The van der Waals surface area contributed by atoms with E-state index in [9.17, 15) is 9.90 Å². The molecule has 0 aliphatic carbocycles. The first-order chi connectivity index (χ1) is 10.0. The van der Waals surface area contributed by atoms with Crippen LogP contribution in [0.3, 0.4) is 0 Å². The molecule has 106 valence electrons. The molecule has 0 aliphatic heterocycles. The molecule has 1 amide bonds. The predicted octanol–water partition coefficient (Wildman–Crippen LogP) is 3.68. The lowest BCUT2D eigenvalue weighted by molar-refractivity contribution is -0.114. The van der Waals surface area contributed by atoms with Gasteiger partial charge in [0.15, 0.2) is 16.0 Å². The molecule has 0 spiro atoms. The van der Waals surface area contributed by atoms with Crippen molar-refractivity contribution >= 4 is 44.2 Å². The van der Waals surface area contributed by atoms with Crippen molar-refractivity contribution in [2.24, 2.45) is 0 Å². The second-order valence-corrected chi connectivity index (χ2v) is 5.81. The maximum absolute atomic E-state index is 11.1. The lowest BCUT2D eigenvalue weighted by Gasteiger charge is -2.02. The van der Waals surface area contributed by atoms with Gasteiger partial charge in [0.05, 0.1) is 10.2 Å². The Labute approximate surface area is 129 Å². The van der Waals surface area contributed by atoms with Crippen molar-refractivity contribution < 1.29 is 9.90 Å². The van der Waals surface area contributed by atoms with Gasteiger partial charge in [0.1, 0.15) is 0 Å². The molecular weight excluding hydrogens is 310 g/mol. The van der Waals surface area contributed by atoms with Gasteiger partial charge in [0.2, 0.25) is 5.91 Å². The zero-order valence-corrected chi connectivity index (χ0v) is 12.5. The number of amides is 1. The number of aromatic hydroxyl groups is 1. The highest BCUT2D eigenvalue weighted by Crippen LogP contribution is 2.32. The summed E-state index contributed by atoms with van der Waals surface area (Å²) in [5.74, 6) is -0.210. The Balaban J connectivity index is 2.03. The van der Waals surface area contributed by atoms with Gasteiger partial charge in [-0.25, -0.2) is 9.97 Å². The quantitative estimate of drug-likeness (QED) is 0.707. The van der Waals surface area contributed by atoms with E-state index in [0.717, 1.165) is 21.3 Å². The average molecular weight is 320 g/mol. The summed E-state index contributed by atoms with van der Waals surface area (Å²) in [5, 5.41) is 12.9. The minimum atomic E-state index is -0.152. The molecule has 7 heteroatoms. The Morgan fingerprint density at radius 1 is 1.33 bits per heavy atom. The van der Waals surface area contributed by atoms with E-state index in [-0.39, 0.29) is 16.8 Å². The van der Waals surface area contributed by atoms with Crippen LogP contribution in [0.2, 0.25) is 5.15 Å². The molecule has 0 aliphatic rings. The van der Waals surface area contributed by atoms with Crippen molar-refractivity contribution in [1.29, 1.82) is 0 Å². The minimum absolute atomic E-state index is 0.0579. The van der Waals surface area contributed by atoms with Gasteiger partial charge < -0.3 is 10.4 Å². The summed E-state index contributed by atoms with van der Waals surface area (Å²) < 4.78 is 0.936.